The van der Waals surface area contributed by atoms with Crippen molar-refractivity contribution in [1.82, 2.24) is 25.1 Å². The highest BCUT2D eigenvalue weighted by Gasteiger charge is 2.26. The summed E-state index contributed by atoms with van der Waals surface area (Å²) in [6, 6.07) is 13.7. The van der Waals surface area contributed by atoms with Gasteiger partial charge >= 0.3 is 0 Å². The van der Waals surface area contributed by atoms with E-state index < -0.39 is 0 Å². The van der Waals surface area contributed by atoms with Gasteiger partial charge in [0.05, 0.1) is 5.25 Å². The van der Waals surface area contributed by atoms with Crippen molar-refractivity contribution in [3.63, 3.8) is 0 Å². The van der Waals surface area contributed by atoms with Crippen LogP contribution in [0.1, 0.15) is 19.4 Å². The van der Waals surface area contributed by atoms with E-state index in [1.807, 2.05) is 60.9 Å². The van der Waals surface area contributed by atoms with E-state index in [0.717, 1.165) is 11.3 Å². The largest absolute Gasteiger partial charge is 0.351 e. The van der Waals surface area contributed by atoms with Gasteiger partial charge < -0.3 is 5.32 Å². The maximum absolute atomic E-state index is 12.7. The number of aromatic nitrogens is 4. The molecule has 1 atom stereocenters. The topological polar surface area (TPSA) is 72.7 Å². The molecular formula is C19H21N5OS. The molecule has 0 spiro atoms. The number of carbonyl (C=O) groups excluding carboxylic acids is 1. The van der Waals surface area contributed by atoms with Crippen molar-refractivity contribution in [3.05, 3.63) is 66.7 Å². The monoisotopic (exact) mass is 367 g/mol. The summed E-state index contributed by atoms with van der Waals surface area (Å²) in [6.07, 6.45) is 5.14. The lowest BCUT2D eigenvalue weighted by atomic mass is 10.1. The predicted molar refractivity (Wildman–Crippen MR) is 102 cm³/mol. The molecule has 1 amide bonds. The number of thioether (sulfide) groups is 1. The van der Waals surface area contributed by atoms with E-state index in [4.69, 9.17) is 0 Å². The van der Waals surface area contributed by atoms with Crippen LogP contribution < -0.4 is 5.32 Å². The third-order valence-corrected chi connectivity index (χ3v) is 5.34. The molecule has 0 aliphatic heterocycles. The van der Waals surface area contributed by atoms with Crippen LogP contribution in [0.25, 0.3) is 5.69 Å². The molecule has 26 heavy (non-hydrogen) atoms. The van der Waals surface area contributed by atoms with Gasteiger partial charge in [0.1, 0.15) is 6.33 Å². The van der Waals surface area contributed by atoms with Crippen LogP contribution in [0.5, 0.6) is 0 Å². The maximum Gasteiger partial charge on any atom is 0.234 e. The Morgan fingerprint density at radius 2 is 2.00 bits per heavy atom. The van der Waals surface area contributed by atoms with Gasteiger partial charge in [-0.05, 0) is 29.7 Å². The second-order valence-corrected chi connectivity index (χ2v) is 7.29. The molecule has 134 valence electrons. The van der Waals surface area contributed by atoms with Crippen LogP contribution in [0, 0.1) is 5.92 Å². The summed E-state index contributed by atoms with van der Waals surface area (Å²) in [4.78, 5) is 16.8. The van der Waals surface area contributed by atoms with Crippen molar-refractivity contribution in [2.45, 2.75) is 30.8 Å². The van der Waals surface area contributed by atoms with E-state index in [-0.39, 0.29) is 17.1 Å². The zero-order chi connectivity index (χ0) is 18.4. The van der Waals surface area contributed by atoms with Gasteiger partial charge in [-0.2, -0.15) is 0 Å². The molecule has 1 aromatic carbocycles. The lowest BCUT2D eigenvalue weighted by Crippen LogP contribution is -2.35. The van der Waals surface area contributed by atoms with Gasteiger partial charge in [-0.1, -0.05) is 49.9 Å². The average molecular weight is 367 g/mol. The molecule has 1 N–H and O–H groups in total. The summed E-state index contributed by atoms with van der Waals surface area (Å²) in [5.74, 6) is 0.131. The highest BCUT2D eigenvalue weighted by Crippen LogP contribution is 2.28. The van der Waals surface area contributed by atoms with Gasteiger partial charge in [0, 0.05) is 24.6 Å². The molecule has 0 aliphatic carbocycles. The summed E-state index contributed by atoms with van der Waals surface area (Å²) in [6.45, 7) is 4.52. The van der Waals surface area contributed by atoms with E-state index in [1.165, 1.54) is 11.8 Å². The van der Waals surface area contributed by atoms with Crippen molar-refractivity contribution >= 4 is 17.7 Å². The highest BCUT2D eigenvalue weighted by atomic mass is 32.2. The Morgan fingerprint density at radius 3 is 2.69 bits per heavy atom. The number of carbonyl (C=O) groups is 1. The molecule has 6 nitrogen and oxygen atoms in total. The minimum atomic E-state index is -0.265. The van der Waals surface area contributed by atoms with E-state index >= 15 is 0 Å². The summed E-state index contributed by atoms with van der Waals surface area (Å²) >= 11 is 1.43. The van der Waals surface area contributed by atoms with Crippen molar-refractivity contribution in [2.75, 3.05) is 0 Å². The Balaban J connectivity index is 1.71. The Morgan fingerprint density at radius 1 is 1.19 bits per heavy atom. The normalized spacial score (nSPS) is 12.1. The maximum atomic E-state index is 12.7. The first-order chi connectivity index (χ1) is 12.6. The minimum Gasteiger partial charge on any atom is -0.351 e. The molecule has 0 saturated carbocycles. The van der Waals surface area contributed by atoms with Crippen LogP contribution in [0.2, 0.25) is 0 Å². The van der Waals surface area contributed by atoms with Crippen LogP contribution in [0.3, 0.4) is 0 Å². The minimum absolute atomic E-state index is 0.0172. The molecule has 2 heterocycles. The van der Waals surface area contributed by atoms with E-state index in [0.29, 0.717) is 11.7 Å². The Bertz CT molecular complexity index is 835. The molecule has 0 fully saturated rings. The standard InChI is InChI=1S/C19H21N5OS/c1-14(2)17(18(25)21-12-15-7-6-10-20-11-15)26-19-23-22-13-24(19)16-8-4-3-5-9-16/h3-11,13-14,17H,12H2,1-2H3,(H,21,25)/t17-/m0/s1. The number of hydrogen-bond donors (Lipinski definition) is 1. The lowest BCUT2D eigenvalue weighted by molar-refractivity contribution is -0.121. The zero-order valence-electron chi connectivity index (χ0n) is 14.7. The number of benzene rings is 1. The average Bonchev–Trinajstić information content (AvgIpc) is 3.14. The predicted octanol–water partition coefficient (Wildman–Crippen LogP) is 3.10. The second kappa shape index (κ2) is 8.62. The van der Waals surface area contributed by atoms with Crippen LogP contribution in [0.15, 0.2) is 66.3 Å². The van der Waals surface area contributed by atoms with Crippen molar-refractivity contribution < 1.29 is 4.79 Å². The smallest absolute Gasteiger partial charge is 0.234 e. The Labute approximate surface area is 157 Å². The van der Waals surface area contributed by atoms with Gasteiger partial charge in [0.2, 0.25) is 5.91 Å². The molecule has 3 rings (SSSR count). The zero-order valence-corrected chi connectivity index (χ0v) is 15.6. The summed E-state index contributed by atoms with van der Waals surface area (Å²) < 4.78 is 1.90. The number of rotatable bonds is 7. The van der Waals surface area contributed by atoms with Crippen molar-refractivity contribution in [2.24, 2.45) is 5.92 Å². The molecular weight excluding hydrogens is 346 g/mol. The van der Waals surface area contributed by atoms with Gasteiger partial charge in [0.15, 0.2) is 5.16 Å². The number of nitrogens with one attached hydrogen (secondary N) is 1. The van der Waals surface area contributed by atoms with Crippen molar-refractivity contribution in [3.8, 4) is 5.69 Å². The summed E-state index contributed by atoms with van der Waals surface area (Å²) in [5.41, 5.74) is 1.94. The molecule has 2 aromatic heterocycles. The molecule has 0 saturated heterocycles. The number of nitrogens with zero attached hydrogens (tertiary/aromatic N) is 4. The first-order valence-corrected chi connectivity index (χ1v) is 9.32. The van der Waals surface area contributed by atoms with Crippen LogP contribution in [-0.2, 0) is 11.3 Å². The van der Waals surface area contributed by atoms with Crippen LogP contribution in [-0.4, -0.2) is 30.9 Å². The van der Waals surface area contributed by atoms with Crippen molar-refractivity contribution in [1.29, 1.82) is 0 Å². The fourth-order valence-corrected chi connectivity index (χ4v) is 3.52. The fourth-order valence-electron chi connectivity index (χ4n) is 2.47. The second-order valence-electron chi connectivity index (χ2n) is 6.18. The summed E-state index contributed by atoms with van der Waals surface area (Å²) in [5, 5.41) is 11.6. The molecule has 0 radical (unpaired) electrons. The number of para-hydroxylation sites is 1. The number of amides is 1. The molecule has 0 aliphatic rings. The van der Waals surface area contributed by atoms with Gasteiger partial charge in [-0.25, -0.2) is 0 Å². The van der Waals surface area contributed by atoms with E-state index in [9.17, 15) is 4.79 Å². The Hall–Kier alpha value is -2.67. The highest BCUT2D eigenvalue weighted by molar-refractivity contribution is 8.00. The van der Waals surface area contributed by atoms with Gasteiger partial charge in [-0.15, -0.1) is 10.2 Å². The van der Waals surface area contributed by atoms with Crippen LogP contribution in [0.4, 0.5) is 0 Å². The van der Waals surface area contributed by atoms with Gasteiger partial charge in [0.25, 0.3) is 0 Å². The fraction of sp³-hybridized carbons (Fsp3) is 0.263. The molecule has 3 aromatic rings. The van der Waals surface area contributed by atoms with E-state index in [1.54, 1.807) is 18.7 Å². The first kappa shape index (κ1) is 18.1. The summed E-state index contributed by atoms with van der Waals surface area (Å²) in [7, 11) is 0. The third-order valence-electron chi connectivity index (χ3n) is 3.84. The SMILES string of the molecule is CC(C)[C@H](Sc1nncn1-c1ccccc1)C(=O)NCc1cccnc1. The van der Waals surface area contributed by atoms with E-state index in [2.05, 4.69) is 20.5 Å². The molecule has 0 unspecified atom stereocenters. The Kier molecular flexibility index (Phi) is 6.01. The third kappa shape index (κ3) is 4.49. The quantitative estimate of drug-likeness (QED) is 0.650. The number of pyridine rings is 1. The van der Waals surface area contributed by atoms with Crippen LogP contribution >= 0.6 is 11.8 Å². The van der Waals surface area contributed by atoms with Gasteiger partial charge in [-0.3, -0.25) is 14.3 Å². The number of hydrogen-bond acceptors (Lipinski definition) is 5. The molecule has 0 bridgehead atoms. The molecule has 7 heteroatoms. The first-order valence-electron chi connectivity index (χ1n) is 8.44. The lowest BCUT2D eigenvalue weighted by Gasteiger charge is -2.19.